The van der Waals surface area contributed by atoms with Crippen molar-refractivity contribution in [2.24, 2.45) is 0 Å². The lowest BCUT2D eigenvalue weighted by Crippen LogP contribution is -2.09. The Bertz CT molecular complexity index is 243. The number of nitrogens with one attached hydrogen (secondary N) is 1. The number of hydrogen-bond donors (Lipinski definition) is 1. The molecule has 0 aliphatic rings. The second-order valence-electron chi connectivity index (χ2n) is 2.30. The van der Waals surface area contributed by atoms with Gasteiger partial charge in [0.15, 0.2) is 0 Å². The lowest BCUT2D eigenvalue weighted by molar-refractivity contribution is 0.414. The maximum absolute atomic E-state index is 9.84. The third-order valence-corrected chi connectivity index (χ3v) is 1.52. The van der Waals surface area contributed by atoms with E-state index >= 15 is 0 Å². The summed E-state index contributed by atoms with van der Waals surface area (Å²) in [4.78, 5) is 9.84. The molecule has 1 amide bonds. The summed E-state index contributed by atoms with van der Waals surface area (Å²) in [6.45, 7) is 0.507. The van der Waals surface area contributed by atoms with Gasteiger partial charge in [-0.1, -0.05) is 12.1 Å². The second-order valence-corrected chi connectivity index (χ2v) is 2.30. The first-order valence-electron chi connectivity index (χ1n) is 3.59. The van der Waals surface area contributed by atoms with Crippen LogP contribution in [-0.4, -0.2) is 13.5 Å². The molecular weight excluding hydrogens is 154 g/mol. The number of ether oxygens (including phenoxy) is 1. The van der Waals surface area contributed by atoms with Crippen molar-refractivity contribution in [2.45, 2.75) is 6.54 Å². The predicted molar refractivity (Wildman–Crippen MR) is 45.5 cm³/mol. The van der Waals surface area contributed by atoms with Gasteiger partial charge in [0, 0.05) is 6.54 Å². The molecule has 0 bridgehead atoms. The minimum Gasteiger partial charge on any atom is -0.497 e. The van der Waals surface area contributed by atoms with Gasteiger partial charge in [-0.05, 0) is 17.7 Å². The van der Waals surface area contributed by atoms with Gasteiger partial charge in [0.05, 0.1) is 7.11 Å². The average molecular weight is 164 g/mol. The molecule has 1 rings (SSSR count). The highest BCUT2D eigenvalue weighted by Gasteiger charge is 1.92. The van der Waals surface area contributed by atoms with Crippen LogP contribution >= 0.6 is 0 Å². The van der Waals surface area contributed by atoms with Crippen molar-refractivity contribution in [1.82, 2.24) is 5.32 Å². The Balaban J connectivity index is 2.58. The topological polar surface area (TPSA) is 38.3 Å². The molecule has 0 heterocycles. The van der Waals surface area contributed by atoms with Gasteiger partial charge in [0.1, 0.15) is 5.75 Å². The van der Waals surface area contributed by atoms with Crippen molar-refractivity contribution in [2.75, 3.05) is 7.11 Å². The molecule has 0 unspecified atom stereocenters. The molecule has 0 atom stereocenters. The van der Waals surface area contributed by atoms with E-state index in [0.717, 1.165) is 11.3 Å². The number of amides is 1. The van der Waals surface area contributed by atoms with Crippen LogP contribution in [0.3, 0.4) is 0 Å². The van der Waals surface area contributed by atoms with Gasteiger partial charge in [0.2, 0.25) is 0 Å². The van der Waals surface area contributed by atoms with E-state index < -0.39 is 0 Å². The minimum atomic E-state index is 0.507. The van der Waals surface area contributed by atoms with Crippen LogP contribution in [0.4, 0.5) is 0 Å². The first-order chi connectivity index (χ1) is 5.86. The fraction of sp³-hybridized carbons (Fsp3) is 0.222. The number of benzene rings is 1. The third-order valence-electron chi connectivity index (χ3n) is 1.52. The number of carbonyl (C=O) groups excluding carboxylic acids is 1. The molecule has 1 aromatic rings. The lowest BCUT2D eigenvalue weighted by atomic mass is 10.2. The first kappa shape index (κ1) is 8.59. The largest absolute Gasteiger partial charge is 0.497 e. The lowest BCUT2D eigenvalue weighted by Gasteiger charge is -2.01. The van der Waals surface area contributed by atoms with Crippen LogP contribution in [0, 0.1) is 0 Å². The fourth-order valence-electron chi connectivity index (χ4n) is 0.882. The van der Waals surface area contributed by atoms with Gasteiger partial charge in [-0.3, -0.25) is 4.79 Å². The molecule has 0 aliphatic carbocycles. The van der Waals surface area contributed by atoms with Crippen LogP contribution in [0.1, 0.15) is 5.56 Å². The molecule has 3 heteroatoms. The molecule has 0 saturated carbocycles. The predicted octanol–water partition coefficient (Wildman–Crippen LogP) is 0.852. The standard InChI is InChI=1S/C9H10NO2/c1-12-9-4-2-8(3-5-9)6-10-7-11/h2-5H,6H2,1H3,(H,10,11). The van der Waals surface area contributed by atoms with E-state index in [9.17, 15) is 4.79 Å². The molecule has 63 valence electrons. The highest BCUT2D eigenvalue weighted by molar-refractivity contribution is 5.47. The summed E-state index contributed by atoms with van der Waals surface area (Å²) in [5.74, 6) is 0.814. The van der Waals surface area contributed by atoms with Crippen molar-refractivity contribution in [3.8, 4) is 5.75 Å². The molecule has 0 aliphatic heterocycles. The summed E-state index contributed by atoms with van der Waals surface area (Å²) in [7, 11) is 1.62. The van der Waals surface area contributed by atoms with Crippen molar-refractivity contribution in [3.63, 3.8) is 0 Å². The monoisotopic (exact) mass is 164 g/mol. The Morgan fingerprint density at radius 2 is 2.08 bits per heavy atom. The molecule has 1 radical (unpaired) electrons. The van der Waals surface area contributed by atoms with E-state index in [2.05, 4.69) is 5.32 Å². The zero-order valence-corrected chi connectivity index (χ0v) is 6.83. The number of rotatable bonds is 4. The van der Waals surface area contributed by atoms with Gasteiger partial charge in [0.25, 0.3) is 0 Å². The van der Waals surface area contributed by atoms with Crippen molar-refractivity contribution in [1.29, 1.82) is 0 Å². The zero-order chi connectivity index (χ0) is 8.81. The molecule has 12 heavy (non-hydrogen) atoms. The summed E-state index contributed by atoms with van der Waals surface area (Å²) in [6.07, 6.45) is 1.61. The van der Waals surface area contributed by atoms with E-state index in [0.29, 0.717) is 6.54 Å². The van der Waals surface area contributed by atoms with Crippen molar-refractivity contribution < 1.29 is 9.53 Å². The average Bonchev–Trinajstić information content (AvgIpc) is 2.15. The van der Waals surface area contributed by atoms with E-state index in [1.54, 1.807) is 13.5 Å². The van der Waals surface area contributed by atoms with Crippen molar-refractivity contribution >= 4 is 6.41 Å². The number of hydrogen-bond acceptors (Lipinski definition) is 2. The molecule has 0 spiro atoms. The van der Waals surface area contributed by atoms with E-state index in [1.165, 1.54) is 0 Å². The van der Waals surface area contributed by atoms with Crippen LogP contribution < -0.4 is 10.1 Å². The summed E-state index contributed by atoms with van der Waals surface area (Å²) >= 11 is 0. The summed E-state index contributed by atoms with van der Waals surface area (Å²) in [5.41, 5.74) is 1.03. The fourth-order valence-corrected chi connectivity index (χ4v) is 0.882. The Morgan fingerprint density at radius 1 is 1.42 bits per heavy atom. The Morgan fingerprint density at radius 3 is 2.58 bits per heavy atom. The highest BCUT2D eigenvalue weighted by atomic mass is 16.5. The molecule has 0 saturated heterocycles. The SMILES string of the molecule is COc1ccc(CN[C]=O)cc1. The quantitative estimate of drug-likeness (QED) is 0.670. The van der Waals surface area contributed by atoms with E-state index in [1.807, 2.05) is 24.3 Å². The van der Waals surface area contributed by atoms with Crippen LogP contribution in [0.2, 0.25) is 0 Å². The summed E-state index contributed by atoms with van der Waals surface area (Å²) < 4.78 is 4.98. The van der Waals surface area contributed by atoms with Crippen LogP contribution in [0.5, 0.6) is 5.75 Å². The Kier molecular flexibility index (Phi) is 3.14. The molecule has 1 aromatic carbocycles. The van der Waals surface area contributed by atoms with E-state index in [-0.39, 0.29) is 0 Å². The van der Waals surface area contributed by atoms with Crippen LogP contribution in [-0.2, 0) is 11.3 Å². The van der Waals surface area contributed by atoms with Crippen LogP contribution in [0.25, 0.3) is 0 Å². The Labute approximate surface area is 71.4 Å². The minimum absolute atomic E-state index is 0.507. The first-order valence-corrected chi connectivity index (χ1v) is 3.59. The number of methoxy groups -OCH3 is 1. The second kappa shape index (κ2) is 4.38. The molecule has 0 aromatic heterocycles. The zero-order valence-electron chi connectivity index (χ0n) is 6.83. The van der Waals surface area contributed by atoms with Gasteiger partial charge >= 0.3 is 6.41 Å². The molecule has 3 nitrogen and oxygen atoms in total. The van der Waals surface area contributed by atoms with Gasteiger partial charge in [-0.15, -0.1) is 0 Å². The third kappa shape index (κ3) is 2.27. The maximum atomic E-state index is 9.84. The normalized spacial score (nSPS) is 9.08. The van der Waals surface area contributed by atoms with Gasteiger partial charge in [-0.2, -0.15) is 0 Å². The maximum Gasteiger partial charge on any atom is 0.309 e. The van der Waals surface area contributed by atoms with Gasteiger partial charge in [-0.25, -0.2) is 0 Å². The smallest absolute Gasteiger partial charge is 0.309 e. The van der Waals surface area contributed by atoms with Crippen molar-refractivity contribution in [3.05, 3.63) is 29.8 Å². The van der Waals surface area contributed by atoms with Gasteiger partial charge < -0.3 is 10.1 Å². The molecule has 0 fully saturated rings. The van der Waals surface area contributed by atoms with Crippen LogP contribution in [0.15, 0.2) is 24.3 Å². The Hall–Kier alpha value is -1.51. The molecule has 1 N–H and O–H groups in total. The summed E-state index contributed by atoms with van der Waals surface area (Å²) in [6, 6.07) is 7.48. The van der Waals surface area contributed by atoms with E-state index in [4.69, 9.17) is 4.74 Å². The molecular formula is C9H10NO2. The highest BCUT2D eigenvalue weighted by Crippen LogP contribution is 2.10. The summed E-state index contributed by atoms with van der Waals surface area (Å²) in [5, 5.41) is 2.46.